The molecule has 1 aromatic heterocycles. The van der Waals surface area contributed by atoms with Gasteiger partial charge in [0.2, 0.25) is 10.0 Å². The summed E-state index contributed by atoms with van der Waals surface area (Å²) < 4.78 is 38.6. The van der Waals surface area contributed by atoms with Crippen LogP contribution in [0.5, 0.6) is 17.2 Å². The zero-order chi connectivity index (χ0) is 29.4. The number of hydrogen-bond donors (Lipinski definition) is 1. The molecule has 216 valence electrons. The van der Waals surface area contributed by atoms with E-state index in [-0.39, 0.29) is 0 Å². The van der Waals surface area contributed by atoms with Crippen molar-refractivity contribution in [3.05, 3.63) is 130 Å². The molecule has 0 aliphatic heterocycles. The minimum absolute atomic E-state index is 0.576. The average Bonchev–Trinajstić information content (AvgIpc) is 3.49. The molecule has 0 spiro atoms. The summed E-state index contributed by atoms with van der Waals surface area (Å²) in [5.41, 5.74) is 6.49. The molecule has 0 aliphatic rings. The summed E-state index contributed by atoms with van der Waals surface area (Å²) in [6.07, 6.45) is 3.85. The number of anilines is 2. The maximum atomic E-state index is 11.9. The lowest BCUT2D eigenvalue weighted by atomic mass is 10.1. The number of thiazole rings is 1. The summed E-state index contributed by atoms with van der Waals surface area (Å²) in [5.74, 6) is 2.19. The standard InChI is InChI=1S/C33H33N3O4S2/c1-25-32(35-42(2,37)38)12-7-13-33(25)36(22-26-8-4-3-5-9-26)23-27-14-16-28(17-15-27)40-30-11-6-10-29(20-30)39-19-18-31-21-34-24-41-31/h3-17,20-21,24,35H,18-19,22-23H2,1-2H3. The Bertz CT molecular complexity index is 1690. The largest absolute Gasteiger partial charge is 0.493 e. The van der Waals surface area contributed by atoms with Gasteiger partial charge in [0.1, 0.15) is 17.2 Å². The predicted molar refractivity (Wildman–Crippen MR) is 170 cm³/mol. The Balaban J connectivity index is 1.29. The summed E-state index contributed by atoms with van der Waals surface area (Å²) in [7, 11) is -3.40. The molecule has 0 unspecified atom stereocenters. The van der Waals surface area contributed by atoms with Crippen LogP contribution in [0.3, 0.4) is 0 Å². The van der Waals surface area contributed by atoms with Crippen molar-refractivity contribution in [1.82, 2.24) is 4.98 Å². The zero-order valence-electron chi connectivity index (χ0n) is 23.6. The number of aromatic nitrogens is 1. The van der Waals surface area contributed by atoms with Crippen molar-refractivity contribution in [2.75, 3.05) is 22.5 Å². The highest BCUT2D eigenvalue weighted by Gasteiger charge is 2.15. The SMILES string of the molecule is Cc1c(NS(C)(=O)=O)cccc1N(Cc1ccccc1)Cc1ccc(Oc2cccc(OCCc3cncs3)c2)cc1. The number of benzene rings is 4. The van der Waals surface area contributed by atoms with Crippen molar-refractivity contribution in [2.45, 2.75) is 26.4 Å². The Kier molecular flexibility index (Phi) is 9.41. The number of hydrogen-bond acceptors (Lipinski definition) is 7. The van der Waals surface area contributed by atoms with Gasteiger partial charge in [0.05, 0.1) is 24.1 Å². The fraction of sp³-hybridized carbons (Fsp3) is 0.182. The number of nitrogens with one attached hydrogen (secondary N) is 1. The molecule has 0 saturated carbocycles. The first-order valence-electron chi connectivity index (χ1n) is 13.6. The molecule has 0 aliphatic carbocycles. The van der Waals surface area contributed by atoms with Gasteiger partial charge in [0.15, 0.2) is 0 Å². The van der Waals surface area contributed by atoms with Crippen LogP contribution in [0.2, 0.25) is 0 Å². The van der Waals surface area contributed by atoms with E-state index in [1.165, 1.54) is 4.88 Å². The van der Waals surface area contributed by atoms with E-state index in [0.29, 0.717) is 31.1 Å². The van der Waals surface area contributed by atoms with Gasteiger partial charge in [-0.2, -0.15) is 0 Å². The van der Waals surface area contributed by atoms with Gasteiger partial charge in [0, 0.05) is 42.3 Å². The maximum Gasteiger partial charge on any atom is 0.229 e. The Morgan fingerprint density at radius 1 is 0.833 bits per heavy atom. The molecule has 0 atom stereocenters. The highest BCUT2D eigenvalue weighted by Crippen LogP contribution is 2.31. The molecule has 1 heterocycles. The lowest BCUT2D eigenvalue weighted by Gasteiger charge is -2.28. The quantitative estimate of drug-likeness (QED) is 0.151. The van der Waals surface area contributed by atoms with Crippen LogP contribution < -0.4 is 19.1 Å². The molecule has 0 bridgehead atoms. The van der Waals surface area contributed by atoms with Gasteiger partial charge < -0.3 is 14.4 Å². The average molecular weight is 600 g/mol. The van der Waals surface area contributed by atoms with E-state index in [9.17, 15) is 8.42 Å². The Labute approximate surface area is 251 Å². The van der Waals surface area contributed by atoms with Gasteiger partial charge in [-0.05, 0) is 60.0 Å². The summed E-state index contributed by atoms with van der Waals surface area (Å²) >= 11 is 1.63. The van der Waals surface area contributed by atoms with Gasteiger partial charge >= 0.3 is 0 Å². The van der Waals surface area contributed by atoms with Crippen LogP contribution in [-0.2, 0) is 29.5 Å². The fourth-order valence-corrected chi connectivity index (χ4v) is 5.79. The second-order valence-electron chi connectivity index (χ2n) is 9.95. The van der Waals surface area contributed by atoms with E-state index in [1.807, 2.05) is 85.4 Å². The molecule has 9 heteroatoms. The highest BCUT2D eigenvalue weighted by molar-refractivity contribution is 7.92. The van der Waals surface area contributed by atoms with E-state index in [0.717, 1.165) is 46.6 Å². The van der Waals surface area contributed by atoms with Crippen molar-refractivity contribution in [3.8, 4) is 17.2 Å². The number of ether oxygens (including phenoxy) is 2. The molecular weight excluding hydrogens is 567 g/mol. The van der Waals surface area contributed by atoms with Crippen LogP contribution in [0, 0.1) is 6.92 Å². The minimum Gasteiger partial charge on any atom is -0.493 e. The molecule has 0 amide bonds. The Morgan fingerprint density at radius 2 is 1.55 bits per heavy atom. The van der Waals surface area contributed by atoms with Crippen molar-refractivity contribution in [3.63, 3.8) is 0 Å². The second-order valence-corrected chi connectivity index (χ2v) is 12.7. The van der Waals surface area contributed by atoms with Gasteiger partial charge in [0.25, 0.3) is 0 Å². The topological polar surface area (TPSA) is 80.8 Å². The molecule has 7 nitrogen and oxygen atoms in total. The molecular formula is C33H33N3O4S2. The predicted octanol–water partition coefficient (Wildman–Crippen LogP) is 7.44. The normalized spacial score (nSPS) is 11.2. The van der Waals surface area contributed by atoms with Crippen molar-refractivity contribution >= 4 is 32.7 Å². The molecule has 1 N–H and O–H groups in total. The number of sulfonamides is 1. The molecule has 0 fully saturated rings. The molecule has 42 heavy (non-hydrogen) atoms. The lowest BCUT2D eigenvalue weighted by Crippen LogP contribution is -2.23. The van der Waals surface area contributed by atoms with Crippen LogP contribution >= 0.6 is 11.3 Å². The van der Waals surface area contributed by atoms with E-state index in [4.69, 9.17) is 9.47 Å². The lowest BCUT2D eigenvalue weighted by molar-refractivity contribution is 0.321. The molecule has 4 aromatic carbocycles. The summed E-state index contributed by atoms with van der Waals surface area (Å²) in [5, 5.41) is 0. The number of nitrogens with zero attached hydrogens (tertiary/aromatic N) is 2. The van der Waals surface area contributed by atoms with E-state index in [2.05, 4.69) is 38.9 Å². The summed E-state index contributed by atoms with van der Waals surface area (Å²) in [4.78, 5) is 7.55. The third kappa shape index (κ3) is 8.34. The van der Waals surface area contributed by atoms with Crippen LogP contribution in [0.4, 0.5) is 11.4 Å². The van der Waals surface area contributed by atoms with Gasteiger partial charge in [-0.3, -0.25) is 9.71 Å². The van der Waals surface area contributed by atoms with E-state index >= 15 is 0 Å². The fourth-order valence-electron chi connectivity index (χ4n) is 4.59. The minimum atomic E-state index is -3.40. The van der Waals surface area contributed by atoms with E-state index < -0.39 is 10.0 Å². The van der Waals surface area contributed by atoms with Crippen LogP contribution in [-0.4, -0.2) is 26.3 Å². The third-order valence-corrected chi connectivity index (χ3v) is 8.03. The van der Waals surface area contributed by atoms with Gasteiger partial charge in [-0.15, -0.1) is 11.3 Å². The second kappa shape index (κ2) is 13.5. The van der Waals surface area contributed by atoms with Gasteiger partial charge in [-0.25, -0.2) is 8.42 Å². The van der Waals surface area contributed by atoms with Crippen molar-refractivity contribution in [1.29, 1.82) is 0 Å². The molecule has 0 saturated heterocycles. The highest BCUT2D eigenvalue weighted by atomic mass is 32.2. The van der Waals surface area contributed by atoms with Crippen LogP contribution in [0.15, 0.2) is 109 Å². The first-order chi connectivity index (χ1) is 20.3. The van der Waals surface area contributed by atoms with Gasteiger partial charge in [-0.1, -0.05) is 54.6 Å². The molecule has 0 radical (unpaired) electrons. The first kappa shape index (κ1) is 29.2. The molecule has 5 rings (SSSR count). The monoisotopic (exact) mass is 599 g/mol. The van der Waals surface area contributed by atoms with E-state index in [1.54, 1.807) is 17.4 Å². The first-order valence-corrected chi connectivity index (χ1v) is 16.3. The summed E-state index contributed by atoms with van der Waals surface area (Å²) in [6.45, 7) is 3.81. The van der Waals surface area contributed by atoms with Crippen LogP contribution in [0.1, 0.15) is 21.6 Å². The number of rotatable bonds is 13. The molecule has 5 aromatic rings. The zero-order valence-corrected chi connectivity index (χ0v) is 25.2. The smallest absolute Gasteiger partial charge is 0.229 e. The van der Waals surface area contributed by atoms with Crippen molar-refractivity contribution < 1.29 is 17.9 Å². The van der Waals surface area contributed by atoms with Crippen molar-refractivity contribution in [2.24, 2.45) is 0 Å². The Hall–Kier alpha value is -4.34. The Morgan fingerprint density at radius 3 is 2.26 bits per heavy atom. The maximum absolute atomic E-state index is 11.9. The summed E-state index contributed by atoms with van der Waals surface area (Å²) in [6, 6.07) is 31.6. The third-order valence-electron chi connectivity index (χ3n) is 6.60. The van der Waals surface area contributed by atoms with Crippen LogP contribution in [0.25, 0.3) is 0 Å².